The summed E-state index contributed by atoms with van der Waals surface area (Å²) in [5, 5.41) is 13.9. The predicted molar refractivity (Wildman–Crippen MR) is 105 cm³/mol. The molecule has 0 spiro atoms. The minimum absolute atomic E-state index is 0.876. The molecule has 0 fully saturated rings. The number of benzene rings is 1. The van der Waals surface area contributed by atoms with E-state index >= 15 is 0 Å². The lowest BCUT2D eigenvalue weighted by molar-refractivity contribution is -0.0959. The van der Waals surface area contributed by atoms with Gasteiger partial charge in [0.15, 0.2) is 0 Å². The van der Waals surface area contributed by atoms with E-state index in [9.17, 15) is 5.11 Å². The third-order valence-electron chi connectivity index (χ3n) is 4.36. The van der Waals surface area contributed by atoms with Gasteiger partial charge in [0.05, 0.1) is 0 Å². The Hall–Kier alpha value is -2.40. The van der Waals surface area contributed by atoms with E-state index in [1.165, 1.54) is 38.4 Å². The van der Waals surface area contributed by atoms with Gasteiger partial charge in [-0.1, -0.05) is 69.4 Å². The zero-order valence-corrected chi connectivity index (χ0v) is 15.6. The smallest absolute Gasteiger partial charge is 0.243 e. The van der Waals surface area contributed by atoms with Crippen LogP contribution in [0.2, 0.25) is 0 Å². The van der Waals surface area contributed by atoms with Crippen molar-refractivity contribution in [2.45, 2.75) is 51.3 Å². The second-order valence-electron chi connectivity index (χ2n) is 6.36. The molecule has 1 atom stereocenters. The average Bonchev–Trinajstić information content (AvgIpc) is 3.09. The van der Waals surface area contributed by atoms with E-state index in [4.69, 9.17) is 0 Å². The molecule has 5 heteroatoms. The van der Waals surface area contributed by atoms with Crippen molar-refractivity contribution in [2.24, 2.45) is 0 Å². The normalized spacial score (nSPS) is 18.2. The van der Waals surface area contributed by atoms with Gasteiger partial charge >= 0.3 is 0 Å². The first-order valence-corrected chi connectivity index (χ1v) is 9.46. The molecule has 1 aliphatic rings. The quantitative estimate of drug-likeness (QED) is 0.702. The molecule has 2 aromatic rings. The molecule has 1 aliphatic heterocycles. The number of hydrogen-bond acceptors (Lipinski definition) is 5. The molecule has 1 aromatic carbocycles. The summed E-state index contributed by atoms with van der Waals surface area (Å²) in [6.45, 7) is 3.11. The van der Waals surface area contributed by atoms with Gasteiger partial charge in [0, 0.05) is 36.9 Å². The third-order valence-corrected chi connectivity index (χ3v) is 4.36. The van der Waals surface area contributed by atoms with Gasteiger partial charge in [0.1, 0.15) is 6.33 Å². The number of rotatable bonds is 8. The fourth-order valence-electron chi connectivity index (χ4n) is 2.91. The van der Waals surface area contributed by atoms with Crippen LogP contribution in [-0.2, 0) is 5.85 Å². The first-order chi connectivity index (χ1) is 12.8. The van der Waals surface area contributed by atoms with Crippen LogP contribution in [0.4, 0.5) is 0 Å². The zero-order valence-electron chi connectivity index (χ0n) is 15.6. The largest absolute Gasteiger partial charge is 0.350 e. The molecule has 0 saturated carbocycles. The number of unbranched alkanes of at least 4 members (excludes halogenated alkanes) is 5. The number of aliphatic hydroxyl groups is 1. The van der Waals surface area contributed by atoms with Crippen LogP contribution >= 0.6 is 0 Å². The maximum atomic E-state index is 10.8. The van der Waals surface area contributed by atoms with Crippen LogP contribution in [0.15, 0.2) is 67.5 Å². The number of aromatic nitrogens is 2. The summed E-state index contributed by atoms with van der Waals surface area (Å²) in [4.78, 5) is 9.34. The maximum absolute atomic E-state index is 10.8. The van der Waals surface area contributed by atoms with E-state index in [1.54, 1.807) is 18.5 Å². The minimum atomic E-state index is -1.08. The van der Waals surface area contributed by atoms with Crippen LogP contribution in [0, 0.1) is 0 Å². The van der Waals surface area contributed by atoms with Gasteiger partial charge in [0.25, 0.3) is 0 Å². The van der Waals surface area contributed by atoms with E-state index < -0.39 is 5.85 Å². The van der Waals surface area contributed by atoms with E-state index in [-0.39, 0.29) is 0 Å². The van der Waals surface area contributed by atoms with Crippen LogP contribution in [0.5, 0.6) is 0 Å². The third kappa shape index (κ3) is 6.15. The molecule has 0 radical (unpaired) electrons. The molecular weight excluding hydrogens is 324 g/mol. The van der Waals surface area contributed by atoms with E-state index in [0.717, 1.165) is 18.5 Å². The molecule has 1 aromatic heterocycles. The fourth-order valence-corrected chi connectivity index (χ4v) is 2.91. The summed E-state index contributed by atoms with van der Waals surface area (Å²) in [5.41, 5.74) is 0.885. The molecule has 1 unspecified atom stereocenters. The summed E-state index contributed by atoms with van der Waals surface area (Å²) in [6.07, 6.45) is 16.2. The summed E-state index contributed by atoms with van der Waals surface area (Å²) < 4.78 is 0. The number of hydrogen-bond donors (Lipinski definition) is 2. The van der Waals surface area contributed by atoms with Gasteiger partial charge in [-0.15, -0.1) is 0 Å². The Labute approximate surface area is 156 Å². The summed E-state index contributed by atoms with van der Waals surface area (Å²) in [6, 6.07) is 11.6. The van der Waals surface area contributed by atoms with Gasteiger partial charge in [0.2, 0.25) is 5.85 Å². The van der Waals surface area contributed by atoms with Crippen molar-refractivity contribution in [3.8, 4) is 0 Å². The van der Waals surface area contributed by atoms with Crippen molar-refractivity contribution in [2.75, 3.05) is 6.54 Å². The Balaban J connectivity index is 0.000000342. The minimum Gasteiger partial charge on any atom is -0.350 e. The first-order valence-electron chi connectivity index (χ1n) is 9.46. The Morgan fingerprint density at radius 3 is 2.27 bits per heavy atom. The highest BCUT2D eigenvalue weighted by molar-refractivity contribution is 5.24. The average molecular weight is 354 g/mol. The zero-order chi connectivity index (χ0) is 18.5. The fraction of sp³-hybridized carbons (Fsp3) is 0.429. The van der Waals surface area contributed by atoms with E-state index in [0.29, 0.717) is 0 Å². The lowest BCUT2D eigenvalue weighted by Gasteiger charge is -2.35. The van der Waals surface area contributed by atoms with Gasteiger partial charge < -0.3 is 15.3 Å². The Bertz CT molecular complexity index is 594. The topological polar surface area (TPSA) is 61.3 Å². The van der Waals surface area contributed by atoms with Gasteiger partial charge in [-0.05, 0) is 12.5 Å². The highest BCUT2D eigenvalue weighted by atomic mass is 16.3. The van der Waals surface area contributed by atoms with Crippen molar-refractivity contribution in [3.05, 3.63) is 73.1 Å². The molecule has 0 saturated heterocycles. The number of nitrogens with zero attached hydrogens (tertiary/aromatic N) is 3. The lowest BCUT2D eigenvalue weighted by Crippen LogP contribution is -2.48. The van der Waals surface area contributed by atoms with Crippen LogP contribution < -0.4 is 5.32 Å². The van der Waals surface area contributed by atoms with Crippen molar-refractivity contribution < 1.29 is 5.11 Å². The molecular formula is C21H30N4O. The summed E-state index contributed by atoms with van der Waals surface area (Å²) in [5.74, 6) is -1.08. The highest BCUT2D eigenvalue weighted by Gasteiger charge is 2.36. The summed E-state index contributed by atoms with van der Waals surface area (Å²) in [7, 11) is 0. The monoisotopic (exact) mass is 354 g/mol. The second-order valence-corrected chi connectivity index (χ2v) is 6.36. The van der Waals surface area contributed by atoms with Crippen LogP contribution in [0.1, 0.15) is 51.0 Å². The Morgan fingerprint density at radius 1 is 0.962 bits per heavy atom. The SMILES string of the molecule is CCCCCCCCN1C=CNC1(O)c1ccccc1.c1cncnc1. The predicted octanol–water partition coefficient (Wildman–Crippen LogP) is 4.00. The molecule has 5 nitrogen and oxygen atoms in total. The van der Waals surface area contributed by atoms with Gasteiger partial charge in [-0.2, -0.15) is 0 Å². The second kappa shape index (κ2) is 11.3. The molecule has 3 rings (SSSR count). The van der Waals surface area contributed by atoms with Crippen molar-refractivity contribution in [1.82, 2.24) is 20.2 Å². The molecule has 140 valence electrons. The lowest BCUT2D eigenvalue weighted by atomic mass is 10.1. The van der Waals surface area contributed by atoms with Crippen LogP contribution in [0.25, 0.3) is 0 Å². The summed E-state index contributed by atoms with van der Waals surface area (Å²) >= 11 is 0. The molecule has 2 heterocycles. The Morgan fingerprint density at radius 2 is 1.65 bits per heavy atom. The van der Waals surface area contributed by atoms with Crippen LogP contribution in [0.3, 0.4) is 0 Å². The maximum Gasteiger partial charge on any atom is 0.243 e. The molecule has 2 N–H and O–H groups in total. The van der Waals surface area contributed by atoms with Crippen molar-refractivity contribution in [1.29, 1.82) is 0 Å². The highest BCUT2D eigenvalue weighted by Crippen LogP contribution is 2.27. The Kier molecular flexibility index (Phi) is 8.63. The molecule has 0 amide bonds. The van der Waals surface area contributed by atoms with E-state index in [2.05, 4.69) is 22.2 Å². The van der Waals surface area contributed by atoms with E-state index in [1.807, 2.05) is 47.6 Å². The van der Waals surface area contributed by atoms with Crippen molar-refractivity contribution >= 4 is 0 Å². The first kappa shape index (κ1) is 19.9. The molecule has 0 bridgehead atoms. The number of nitrogens with one attached hydrogen (secondary N) is 1. The molecule has 0 aliphatic carbocycles. The standard InChI is InChI=1S/C17H26N2O.C4H4N2/c1-2-3-4-5-6-10-14-19-15-13-18-17(19,20)16-11-8-7-9-12-16;1-2-5-4-6-3-1/h7-9,11-13,15,18,20H,2-6,10,14H2,1H3;1-4H. The van der Waals surface area contributed by atoms with Crippen molar-refractivity contribution in [3.63, 3.8) is 0 Å². The van der Waals surface area contributed by atoms with Gasteiger partial charge in [-0.25, -0.2) is 9.97 Å². The van der Waals surface area contributed by atoms with Crippen LogP contribution in [-0.4, -0.2) is 26.5 Å². The molecule has 26 heavy (non-hydrogen) atoms. The van der Waals surface area contributed by atoms with Gasteiger partial charge in [-0.3, -0.25) is 0 Å².